The van der Waals surface area contributed by atoms with E-state index in [2.05, 4.69) is 4.74 Å². The number of aryl methyl sites for hydroxylation is 1. The molecule has 1 N–H and O–H groups in total. The van der Waals surface area contributed by atoms with Crippen LogP contribution in [0.3, 0.4) is 0 Å². The summed E-state index contributed by atoms with van der Waals surface area (Å²) in [7, 11) is 4.20. The monoisotopic (exact) mass is 240 g/mol. The van der Waals surface area contributed by atoms with Crippen molar-refractivity contribution in [3.05, 3.63) is 23.3 Å². The Hall–Kier alpha value is -1.75. The first-order chi connectivity index (χ1) is 8.04. The Morgan fingerprint density at radius 3 is 2.35 bits per heavy atom. The van der Waals surface area contributed by atoms with Crippen molar-refractivity contribution >= 4 is 5.97 Å². The molecule has 94 valence electrons. The smallest absolute Gasteiger partial charge is 0.339 e. The quantitative estimate of drug-likeness (QED) is 0.801. The van der Waals surface area contributed by atoms with Gasteiger partial charge in [-0.3, -0.25) is 0 Å². The van der Waals surface area contributed by atoms with Gasteiger partial charge in [0.15, 0.2) is 6.10 Å². The van der Waals surface area contributed by atoms with Crippen LogP contribution in [0.15, 0.2) is 12.1 Å². The molecule has 1 aromatic carbocycles. The van der Waals surface area contributed by atoms with E-state index < -0.39 is 12.1 Å². The minimum Gasteiger partial charge on any atom is -0.497 e. The van der Waals surface area contributed by atoms with Gasteiger partial charge in [0.2, 0.25) is 0 Å². The number of aliphatic hydroxyl groups is 1. The van der Waals surface area contributed by atoms with Crippen LogP contribution in [0.5, 0.6) is 11.5 Å². The number of hydrogen-bond donors (Lipinski definition) is 1. The second-order valence-corrected chi connectivity index (χ2v) is 3.49. The van der Waals surface area contributed by atoms with Gasteiger partial charge in [0.25, 0.3) is 0 Å². The third-order valence-corrected chi connectivity index (χ3v) is 2.44. The molecule has 0 aliphatic rings. The van der Waals surface area contributed by atoms with Crippen LogP contribution in [0.1, 0.15) is 17.2 Å². The number of carbonyl (C=O) groups is 1. The minimum atomic E-state index is -1.39. The summed E-state index contributed by atoms with van der Waals surface area (Å²) in [5.41, 5.74) is 1.10. The molecular weight excluding hydrogens is 224 g/mol. The fourth-order valence-electron chi connectivity index (χ4n) is 1.61. The number of benzene rings is 1. The summed E-state index contributed by atoms with van der Waals surface area (Å²) in [5.74, 6) is 0.251. The summed E-state index contributed by atoms with van der Waals surface area (Å²) in [6.45, 7) is 1.80. The highest BCUT2D eigenvalue weighted by Crippen LogP contribution is 2.33. The van der Waals surface area contributed by atoms with E-state index >= 15 is 0 Å². The lowest BCUT2D eigenvalue weighted by molar-refractivity contribution is -0.150. The first kappa shape index (κ1) is 13.3. The first-order valence-corrected chi connectivity index (χ1v) is 5.03. The Labute approximate surface area is 99.9 Å². The van der Waals surface area contributed by atoms with Crippen LogP contribution in [-0.4, -0.2) is 32.4 Å². The van der Waals surface area contributed by atoms with Crippen LogP contribution in [0.4, 0.5) is 0 Å². The Balaban J connectivity index is 3.28. The largest absolute Gasteiger partial charge is 0.497 e. The molecule has 1 atom stereocenters. The molecule has 0 bridgehead atoms. The highest BCUT2D eigenvalue weighted by Gasteiger charge is 2.24. The fraction of sp³-hybridized carbons (Fsp3) is 0.417. The van der Waals surface area contributed by atoms with E-state index in [1.165, 1.54) is 21.3 Å². The molecule has 0 saturated heterocycles. The molecule has 0 radical (unpaired) electrons. The number of ether oxygens (including phenoxy) is 3. The third-order valence-electron chi connectivity index (χ3n) is 2.44. The molecule has 1 unspecified atom stereocenters. The molecule has 0 fully saturated rings. The van der Waals surface area contributed by atoms with Gasteiger partial charge >= 0.3 is 5.97 Å². The fourth-order valence-corrected chi connectivity index (χ4v) is 1.61. The van der Waals surface area contributed by atoms with Crippen LogP contribution in [0.25, 0.3) is 0 Å². The zero-order chi connectivity index (χ0) is 13.0. The highest BCUT2D eigenvalue weighted by molar-refractivity contribution is 5.77. The van der Waals surface area contributed by atoms with Crippen molar-refractivity contribution in [2.45, 2.75) is 13.0 Å². The second kappa shape index (κ2) is 5.54. The normalized spacial score (nSPS) is 11.8. The van der Waals surface area contributed by atoms with Crippen LogP contribution in [-0.2, 0) is 9.53 Å². The predicted molar refractivity (Wildman–Crippen MR) is 61.3 cm³/mol. The molecular formula is C12H16O5. The molecule has 5 nitrogen and oxygen atoms in total. The van der Waals surface area contributed by atoms with E-state index in [0.29, 0.717) is 17.1 Å². The first-order valence-electron chi connectivity index (χ1n) is 5.03. The van der Waals surface area contributed by atoms with E-state index in [-0.39, 0.29) is 0 Å². The molecule has 0 aromatic heterocycles. The van der Waals surface area contributed by atoms with Gasteiger partial charge in [-0.1, -0.05) is 0 Å². The summed E-state index contributed by atoms with van der Waals surface area (Å²) < 4.78 is 14.7. The lowest BCUT2D eigenvalue weighted by Gasteiger charge is -2.16. The van der Waals surface area contributed by atoms with Crippen LogP contribution < -0.4 is 9.47 Å². The van der Waals surface area contributed by atoms with Gasteiger partial charge < -0.3 is 19.3 Å². The average molecular weight is 240 g/mol. The Morgan fingerprint density at radius 1 is 1.24 bits per heavy atom. The SMILES string of the molecule is COC(=O)C(O)c1cc(OC)cc(C)c1OC. The molecule has 0 spiro atoms. The second-order valence-electron chi connectivity index (χ2n) is 3.49. The number of esters is 1. The zero-order valence-corrected chi connectivity index (χ0v) is 10.3. The van der Waals surface area contributed by atoms with Gasteiger partial charge in [-0.2, -0.15) is 0 Å². The Morgan fingerprint density at radius 2 is 1.88 bits per heavy atom. The number of hydrogen-bond acceptors (Lipinski definition) is 5. The standard InChI is InChI=1S/C12H16O5/c1-7-5-8(15-2)6-9(11(7)16-3)10(13)12(14)17-4/h5-6,10,13H,1-4H3. The van der Waals surface area contributed by atoms with Crippen molar-refractivity contribution in [2.24, 2.45) is 0 Å². The molecule has 0 heterocycles. The van der Waals surface area contributed by atoms with Crippen molar-refractivity contribution in [1.82, 2.24) is 0 Å². The molecule has 0 aliphatic carbocycles. The molecule has 1 rings (SSSR count). The number of rotatable bonds is 4. The minimum absolute atomic E-state index is 0.330. The van der Waals surface area contributed by atoms with Crippen molar-refractivity contribution in [3.63, 3.8) is 0 Å². The van der Waals surface area contributed by atoms with Crippen molar-refractivity contribution in [2.75, 3.05) is 21.3 Å². The lowest BCUT2D eigenvalue weighted by atomic mass is 10.0. The topological polar surface area (TPSA) is 65.0 Å². The Kier molecular flexibility index (Phi) is 4.34. The summed E-state index contributed by atoms with van der Waals surface area (Å²) in [5, 5.41) is 9.84. The molecule has 17 heavy (non-hydrogen) atoms. The van der Waals surface area contributed by atoms with Gasteiger partial charge in [-0.05, 0) is 24.6 Å². The van der Waals surface area contributed by atoms with Crippen LogP contribution in [0.2, 0.25) is 0 Å². The van der Waals surface area contributed by atoms with E-state index in [0.717, 1.165) is 5.56 Å². The van der Waals surface area contributed by atoms with Crippen molar-refractivity contribution in [1.29, 1.82) is 0 Å². The van der Waals surface area contributed by atoms with Gasteiger partial charge in [-0.15, -0.1) is 0 Å². The molecule has 0 saturated carbocycles. The molecule has 0 amide bonds. The maximum atomic E-state index is 11.3. The van der Waals surface area contributed by atoms with Gasteiger partial charge in [0.1, 0.15) is 11.5 Å². The van der Waals surface area contributed by atoms with E-state index in [9.17, 15) is 9.90 Å². The van der Waals surface area contributed by atoms with Crippen LogP contribution in [0, 0.1) is 6.92 Å². The van der Waals surface area contributed by atoms with E-state index in [4.69, 9.17) is 9.47 Å². The summed E-state index contributed by atoms with van der Waals surface area (Å²) in [6, 6.07) is 3.31. The van der Waals surface area contributed by atoms with E-state index in [1.54, 1.807) is 19.1 Å². The van der Waals surface area contributed by atoms with Crippen molar-refractivity contribution < 1.29 is 24.1 Å². The Bertz CT molecular complexity index is 414. The van der Waals surface area contributed by atoms with E-state index in [1.807, 2.05) is 0 Å². The van der Waals surface area contributed by atoms with Crippen LogP contribution >= 0.6 is 0 Å². The highest BCUT2D eigenvalue weighted by atomic mass is 16.5. The maximum absolute atomic E-state index is 11.3. The maximum Gasteiger partial charge on any atom is 0.339 e. The summed E-state index contributed by atoms with van der Waals surface area (Å²) >= 11 is 0. The zero-order valence-electron chi connectivity index (χ0n) is 10.3. The third kappa shape index (κ3) is 2.68. The van der Waals surface area contributed by atoms with Gasteiger partial charge in [0, 0.05) is 5.56 Å². The summed E-state index contributed by atoms with van der Waals surface area (Å²) in [6.07, 6.45) is -1.39. The number of aliphatic hydroxyl groups excluding tert-OH is 1. The lowest BCUT2D eigenvalue weighted by Crippen LogP contribution is -2.15. The summed E-state index contributed by atoms with van der Waals surface area (Å²) in [4.78, 5) is 11.3. The van der Waals surface area contributed by atoms with Gasteiger partial charge in [-0.25, -0.2) is 4.79 Å². The average Bonchev–Trinajstić information content (AvgIpc) is 2.35. The van der Waals surface area contributed by atoms with Gasteiger partial charge in [0.05, 0.1) is 21.3 Å². The van der Waals surface area contributed by atoms with Crippen molar-refractivity contribution in [3.8, 4) is 11.5 Å². The predicted octanol–water partition coefficient (Wildman–Crippen LogP) is 1.22. The molecule has 0 aliphatic heterocycles. The number of methoxy groups -OCH3 is 3. The molecule has 1 aromatic rings. The molecule has 5 heteroatoms. The number of carbonyl (C=O) groups excluding carboxylic acids is 1.